The van der Waals surface area contributed by atoms with Crippen LogP contribution in [0.15, 0.2) is 4.47 Å². The Bertz CT molecular complexity index is 352. The third-order valence-corrected chi connectivity index (χ3v) is 4.67. The second-order valence-electron chi connectivity index (χ2n) is 4.00. The van der Waals surface area contributed by atoms with Gasteiger partial charge in [0.2, 0.25) is 0 Å². The summed E-state index contributed by atoms with van der Waals surface area (Å²) in [6, 6.07) is 0.211. The molecule has 5 heteroatoms. The first-order chi connectivity index (χ1) is 8.13. The van der Waals surface area contributed by atoms with E-state index in [1.54, 1.807) is 0 Å². The second-order valence-corrected chi connectivity index (χ2v) is 6.11. The molecule has 0 aliphatic rings. The monoisotopic (exact) mass is 319 g/mol. The van der Waals surface area contributed by atoms with E-state index < -0.39 is 0 Å². The van der Waals surface area contributed by atoms with Crippen molar-refractivity contribution in [2.75, 3.05) is 11.5 Å². The van der Waals surface area contributed by atoms with Crippen LogP contribution in [-0.4, -0.2) is 27.3 Å². The van der Waals surface area contributed by atoms with E-state index in [2.05, 4.69) is 46.5 Å². The average molecular weight is 320 g/mol. The minimum atomic E-state index is 0.211. The lowest BCUT2D eigenvalue weighted by Gasteiger charge is -2.12. The van der Waals surface area contributed by atoms with Crippen LogP contribution in [0.4, 0.5) is 0 Å². The van der Waals surface area contributed by atoms with Gasteiger partial charge in [0.25, 0.3) is 0 Å². The van der Waals surface area contributed by atoms with E-state index in [0.717, 1.165) is 41.1 Å². The topological polar surface area (TPSA) is 43.8 Å². The van der Waals surface area contributed by atoms with Gasteiger partial charge in [0.05, 0.1) is 15.9 Å². The Hall–Kier alpha value is 0. The van der Waals surface area contributed by atoms with Crippen molar-refractivity contribution in [1.82, 2.24) is 9.78 Å². The normalized spacial score (nSPS) is 13.0. The quantitative estimate of drug-likeness (QED) is 0.840. The van der Waals surface area contributed by atoms with Gasteiger partial charge < -0.3 is 5.73 Å². The number of rotatable bonds is 7. The molecular formula is C12H22BrN3S. The zero-order valence-corrected chi connectivity index (χ0v) is 13.3. The molecule has 0 aliphatic heterocycles. The van der Waals surface area contributed by atoms with Crippen LogP contribution in [0.5, 0.6) is 0 Å². The van der Waals surface area contributed by atoms with Gasteiger partial charge in [-0.05, 0) is 35.0 Å². The van der Waals surface area contributed by atoms with Gasteiger partial charge in [-0.1, -0.05) is 13.8 Å². The van der Waals surface area contributed by atoms with Gasteiger partial charge >= 0.3 is 0 Å². The molecule has 0 spiro atoms. The highest BCUT2D eigenvalue weighted by atomic mass is 79.9. The fraction of sp³-hybridized carbons (Fsp3) is 0.750. The van der Waals surface area contributed by atoms with Crippen molar-refractivity contribution in [3.8, 4) is 0 Å². The van der Waals surface area contributed by atoms with Crippen molar-refractivity contribution >= 4 is 27.7 Å². The van der Waals surface area contributed by atoms with Crippen molar-refractivity contribution in [3.05, 3.63) is 15.9 Å². The van der Waals surface area contributed by atoms with Crippen LogP contribution in [0.1, 0.15) is 32.2 Å². The summed E-state index contributed by atoms with van der Waals surface area (Å²) in [7, 11) is 0. The number of hydrogen-bond donors (Lipinski definition) is 1. The molecule has 0 aliphatic carbocycles. The lowest BCUT2D eigenvalue weighted by molar-refractivity contribution is 0.591. The molecule has 17 heavy (non-hydrogen) atoms. The van der Waals surface area contributed by atoms with Gasteiger partial charge in [-0.15, -0.1) is 0 Å². The van der Waals surface area contributed by atoms with E-state index in [1.165, 1.54) is 5.69 Å². The molecule has 0 aromatic carbocycles. The van der Waals surface area contributed by atoms with E-state index in [-0.39, 0.29) is 6.04 Å². The lowest BCUT2D eigenvalue weighted by atomic mass is 10.2. The third-order valence-electron chi connectivity index (χ3n) is 2.69. The number of thioether (sulfide) groups is 1. The Labute approximate surface area is 117 Å². The van der Waals surface area contributed by atoms with Crippen molar-refractivity contribution in [1.29, 1.82) is 0 Å². The highest BCUT2D eigenvalue weighted by molar-refractivity contribution is 9.10. The molecule has 0 saturated carbocycles. The summed E-state index contributed by atoms with van der Waals surface area (Å²) < 4.78 is 3.22. The molecule has 1 rings (SSSR count). The van der Waals surface area contributed by atoms with Crippen molar-refractivity contribution < 1.29 is 0 Å². The Morgan fingerprint density at radius 1 is 1.41 bits per heavy atom. The summed E-state index contributed by atoms with van der Waals surface area (Å²) in [6.45, 7) is 7.32. The van der Waals surface area contributed by atoms with Crippen molar-refractivity contribution in [3.63, 3.8) is 0 Å². The molecule has 1 heterocycles. The average Bonchev–Trinajstić information content (AvgIpc) is 2.63. The zero-order valence-electron chi connectivity index (χ0n) is 10.9. The highest BCUT2D eigenvalue weighted by Crippen LogP contribution is 2.23. The van der Waals surface area contributed by atoms with E-state index in [9.17, 15) is 0 Å². The summed E-state index contributed by atoms with van der Waals surface area (Å²) in [6.07, 6.45) is 1.86. The van der Waals surface area contributed by atoms with Crippen LogP contribution >= 0.6 is 27.7 Å². The Morgan fingerprint density at radius 2 is 2.12 bits per heavy atom. The molecule has 0 saturated heterocycles. The molecule has 0 radical (unpaired) electrons. The molecule has 1 aromatic rings. The largest absolute Gasteiger partial charge is 0.327 e. The Morgan fingerprint density at radius 3 is 2.65 bits per heavy atom. The van der Waals surface area contributed by atoms with Crippen LogP contribution in [0.25, 0.3) is 0 Å². The smallest absolute Gasteiger partial charge is 0.0766 e. The third kappa shape index (κ3) is 4.00. The maximum atomic E-state index is 6.15. The molecule has 2 N–H and O–H groups in total. The fourth-order valence-corrected chi connectivity index (χ4v) is 3.17. The van der Waals surface area contributed by atoms with Crippen molar-refractivity contribution in [2.45, 2.75) is 46.2 Å². The van der Waals surface area contributed by atoms with Gasteiger partial charge in [-0.3, -0.25) is 4.68 Å². The van der Waals surface area contributed by atoms with Gasteiger partial charge in [0.1, 0.15) is 0 Å². The van der Waals surface area contributed by atoms with Crippen molar-refractivity contribution in [2.24, 2.45) is 5.73 Å². The zero-order chi connectivity index (χ0) is 12.8. The molecule has 98 valence electrons. The molecule has 0 bridgehead atoms. The Kier molecular flexibility index (Phi) is 6.59. The molecule has 1 atom stereocenters. The van der Waals surface area contributed by atoms with Gasteiger partial charge in [0.15, 0.2) is 0 Å². The highest BCUT2D eigenvalue weighted by Gasteiger charge is 2.16. The van der Waals surface area contributed by atoms with E-state index in [4.69, 9.17) is 5.73 Å². The minimum absolute atomic E-state index is 0.211. The minimum Gasteiger partial charge on any atom is -0.327 e. The maximum Gasteiger partial charge on any atom is 0.0766 e. The van der Waals surface area contributed by atoms with Gasteiger partial charge in [-0.2, -0.15) is 16.9 Å². The predicted octanol–water partition coefficient (Wildman–Crippen LogP) is 2.85. The van der Waals surface area contributed by atoms with E-state index >= 15 is 0 Å². The predicted molar refractivity (Wildman–Crippen MR) is 79.7 cm³/mol. The van der Waals surface area contributed by atoms with E-state index in [1.807, 2.05) is 11.8 Å². The number of halogens is 1. The van der Waals surface area contributed by atoms with Gasteiger partial charge in [0, 0.05) is 24.8 Å². The number of nitrogens with two attached hydrogens (primary N) is 1. The van der Waals surface area contributed by atoms with Gasteiger partial charge in [-0.25, -0.2) is 0 Å². The van der Waals surface area contributed by atoms with Crippen LogP contribution in [0.3, 0.4) is 0 Å². The summed E-state index contributed by atoms with van der Waals surface area (Å²) >= 11 is 5.55. The molecular weight excluding hydrogens is 298 g/mol. The fourth-order valence-electron chi connectivity index (χ4n) is 1.79. The Balaban J connectivity index is 2.78. The molecule has 1 aromatic heterocycles. The number of aromatic nitrogens is 2. The number of aryl methyl sites for hydroxylation is 2. The second kappa shape index (κ2) is 7.44. The number of hydrogen-bond acceptors (Lipinski definition) is 3. The van der Waals surface area contributed by atoms with E-state index in [0.29, 0.717) is 0 Å². The molecule has 0 fully saturated rings. The SMILES string of the molecule is CCSCC(N)Cc1c(Br)c(CC)nn1CC. The number of nitrogens with zero attached hydrogens (tertiary/aromatic N) is 2. The van der Waals surface area contributed by atoms with Crippen LogP contribution < -0.4 is 5.73 Å². The standard InChI is InChI=1S/C12H22BrN3S/c1-4-10-12(13)11(16(5-2)15-10)7-9(14)8-17-6-3/h9H,4-8,14H2,1-3H3. The summed E-state index contributed by atoms with van der Waals surface area (Å²) in [5.74, 6) is 2.14. The first-order valence-electron chi connectivity index (χ1n) is 6.21. The summed E-state index contributed by atoms with van der Waals surface area (Å²) in [4.78, 5) is 0. The lowest BCUT2D eigenvalue weighted by Crippen LogP contribution is -2.27. The first kappa shape index (κ1) is 15.1. The molecule has 0 amide bonds. The van der Waals surface area contributed by atoms with Crippen LogP contribution in [-0.2, 0) is 19.4 Å². The molecule has 3 nitrogen and oxygen atoms in total. The first-order valence-corrected chi connectivity index (χ1v) is 8.16. The van der Waals surface area contributed by atoms with Crippen LogP contribution in [0, 0.1) is 0 Å². The molecule has 1 unspecified atom stereocenters. The summed E-state index contributed by atoms with van der Waals surface area (Å²) in [5.41, 5.74) is 8.53. The van der Waals surface area contributed by atoms with Crippen LogP contribution in [0.2, 0.25) is 0 Å². The maximum absolute atomic E-state index is 6.15. The summed E-state index contributed by atoms with van der Waals surface area (Å²) in [5, 5.41) is 4.59.